The molecule has 0 atom stereocenters. The standard InChI is InChI=1S/C13H13Cl2N3O2S/c14-11(15)12(19)16-13-18-17-10(21-13)7-4-8-20-9-5-2-1-3-6-9/h1-3,5-6,11H,4,7-8H2,(H,16,18,19). The lowest BCUT2D eigenvalue weighted by molar-refractivity contribution is -0.114. The number of carbonyl (C=O) groups excluding carboxylic acids is 1. The molecule has 0 saturated carbocycles. The van der Waals surface area contributed by atoms with Crippen LogP contribution in [0.1, 0.15) is 11.4 Å². The first-order valence-corrected chi connectivity index (χ1v) is 7.93. The Bertz CT molecular complexity index is 578. The molecule has 0 radical (unpaired) electrons. The fourth-order valence-electron chi connectivity index (χ4n) is 1.50. The van der Waals surface area contributed by atoms with Crippen LogP contribution in [0.2, 0.25) is 0 Å². The summed E-state index contributed by atoms with van der Waals surface area (Å²) in [5, 5.41) is 11.5. The molecule has 1 N–H and O–H groups in total. The van der Waals surface area contributed by atoms with Crippen LogP contribution in [-0.2, 0) is 11.2 Å². The smallest absolute Gasteiger partial charge is 0.259 e. The third kappa shape index (κ3) is 5.49. The average molecular weight is 346 g/mol. The number of aromatic nitrogens is 2. The number of alkyl halides is 2. The van der Waals surface area contributed by atoms with Gasteiger partial charge in [-0.1, -0.05) is 52.7 Å². The minimum absolute atomic E-state index is 0.394. The number of hydrogen-bond acceptors (Lipinski definition) is 5. The third-order valence-electron chi connectivity index (χ3n) is 2.44. The molecule has 0 fully saturated rings. The highest BCUT2D eigenvalue weighted by atomic mass is 35.5. The van der Waals surface area contributed by atoms with Crippen molar-refractivity contribution in [1.29, 1.82) is 0 Å². The molecule has 0 saturated heterocycles. The SMILES string of the molecule is O=C(Nc1nnc(CCCOc2ccccc2)s1)C(Cl)Cl. The molecule has 21 heavy (non-hydrogen) atoms. The van der Waals surface area contributed by atoms with E-state index in [1.54, 1.807) is 0 Å². The zero-order chi connectivity index (χ0) is 15.1. The number of nitrogens with one attached hydrogen (secondary N) is 1. The van der Waals surface area contributed by atoms with Gasteiger partial charge >= 0.3 is 0 Å². The summed E-state index contributed by atoms with van der Waals surface area (Å²) >= 11 is 12.2. The average Bonchev–Trinajstić information content (AvgIpc) is 2.92. The van der Waals surface area contributed by atoms with Gasteiger partial charge in [-0.25, -0.2) is 0 Å². The van der Waals surface area contributed by atoms with Gasteiger partial charge < -0.3 is 4.74 Å². The number of benzene rings is 1. The number of anilines is 1. The third-order valence-corrected chi connectivity index (χ3v) is 3.74. The predicted molar refractivity (Wildman–Crippen MR) is 84.3 cm³/mol. The molecule has 0 spiro atoms. The Morgan fingerprint density at radius 1 is 1.29 bits per heavy atom. The fourth-order valence-corrected chi connectivity index (χ4v) is 2.39. The Labute approximate surface area is 136 Å². The Balaban J connectivity index is 1.72. The van der Waals surface area contributed by atoms with Gasteiger partial charge in [0, 0.05) is 6.42 Å². The van der Waals surface area contributed by atoms with Crippen LogP contribution in [0.5, 0.6) is 5.75 Å². The summed E-state index contributed by atoms with van der Waals surface area (Å²) in [5.74, 6) is 0.339. The summed E-state index contributed by atoms with van der Waals surface area (Å²) in [6, 6.07) is 9.61. The normalized spacial score (nSPS) is 10.6. The second-order valence-electron chi connectivity index (χ2n) is 4.06. The Kier molecular flexibility index (Phi) is 6.22. The number of halogens is 2. The maximum Gasteiger partial charge on any atom is 0.259 e. The van der Waals surface area contributed by atoms with Gasteiger partial charge in [-0.3, -0.25) is 10.1 Å². The van der Waals surface area contributed by atoms with Crippen molar-refractivity contribution in [2.24, 2.45) is 0 Å². The van der Waals surface area contributed by atoms with E-state index in [-0.39, 0.29) is 0 Å². The number of nitrogens with zero attached hydrogens (tertiary/aromatic N) is 2. The number of amides is 1. The van der Waals surface area contributed by atoms with Crippen molar-refractivity contribution in [3.63, 3.8) is 0 Å². The summed E-state index contributed by atoms with van der Waals surface area (Å²) < 4.78 is 5.58. The van der Waals surface area contributed by atoms with Gasteiger partial charge in [0.25, 0.3) is 5.91 Å². The van der Waals surface area contributed by atoms with Crippen LogP contribution in [0, 0.1) is 0 Å². The van der Waals surface area contributed by atoms with E-state index in [1.165, 1.54) is 11.3 Å². The molecule has 1 amide bonds. The lowest BCUT2D eigenvalue weighted by Crippen LogP contribution is -2.18. The number of aryl methyl sites for hydroxylation is 1. The van der Waals surface area contributed by atoms with E-state index in [0.717, 1.165) is 23.6 Å². The molecular formula is C13H13Cl2N3O2S. The van der Waals surface area contributed by atoms with Gasteiger partial charge in [-0.05, 0) is 18.6 Å². The van der Waals surface area contributed by atoms with Crippen LogP contribution < -0.4 is 10.1 Å². The lowest BCUT2D eigenvalue weighted by Gasteiger charge is -2.04. The Morgan fingerprint density at radius 2 is 2.05 bits per heavy atom. The van der Waals surface area contributed by atoms with E-state index in [2.05, 4.69) is 15.5 Å². The molecule has 0 unspecified atom stereocenters. The molecule has 112 valence electrons. The summed E-state index contributed by atoms with van der Waals surface area (Å²) in [6.07, 6.45) is 1.54. The summed E-state index contributed by atoms with van der Waals surface area (Å²) in [5.41, 5.74) is 0. The molecule has 0 aliphatic heterocycles. The van der Waals surface area contributed by atoms with Gasteiger partial charge in [-0.2, -0.15) is 0 Å². The summed E-state index contributed by atoms with van der Waals surface area (Å²) in [4.78, 5) is 10.2. The van der Waals surface area contributed by atoms with E-state index in [4.69, 9.17) is 27.9 Å². The summed E-state index contributed by atoms with van der Waals surface area (Å²) in [6.45, 7) is 0.594. The minimum Gasteiger partial charge on any atom is -0.494 e. The molecule has 2 rings (SSSR count). The minimum atomic E-state index is -1.11. The lowest BCUT2D eigenvalue weighted by atomic mass is 10.3. The molecule has 8 heteroatoms. The molecule has 0 aliphatic carbocycles. The van der Waals surface area contributed by atoms with Gasteiger partial charge in [0.2, 0.25) is 5.13 Å². The van der Waals surface area contributed by atoms with Crippen molar-refractivity contribution >= 4 is 45.6 Å². The number of hydrogen-bond donors (Lipinski definition) is 1. The first-order valence-electron chi connectivity index (χ1n) is 6.24. The van der Waals surface area contributed by atoms with Crippen molar-refractivity contribution in [3.05, 3.63) is 35.3 Å². The highest BCUT2D eigenvalue weighted by Crippen LogP contribution is 2.18. The molecule has 5 nitrogen and oxygen atoms in total. The quantitative estimate of drug-likeness (QED) is 0.617. The van der Waals surface area contributed by atoms with E-state index in [9.17, 15) is 4.79 Å². The first kappa shape index (κ1) is 16.0. The molecule has 2 aromatic rings. The van der Waals surface area contributed by atoms with Crippen molar-refractivity contribution in [3.8, 4) is 5.75 Å². The van der Waals surface area contributed by atoms with Gasteiger partial charge in [-0.15, -0.1) is 10.2 Å². The topological polar surface area (TPSA) is 64.1 Å². The van der Waals surface area contributed by atoms with E-state index >= 15 is 0 Å². The van der Waals surface area contributed by atoms with E-state index in [0.29, 0.717) is 11.7 Å². The van der Waals surface area contributed by atoms with E-state index in [1.807, 2.05) is 30.3 Å². The zero-order valence-electron chi connectivity index (χ0n) is 11.0. The van der Waals surface area contributed by atoms with Crippen LogP contribution >= 0.6 is 34.5 Å². The Hall–Kier alpha value is -1.37. The fraction of sp³-hybridized carbons (Fsp3) is 0.308. The predicted octanol–water partition coefficient (Wildman–Crippen LogP) is 3.29. The van der Waals surface area contributed by atoms with Crippen LogP contribution in [0.3, 0.4) is 0 Å². The van der Waals surface area contributed by atoms with Crippen LogP contribution in [-0.4, -0.2) is 27.5 Å². The van der Waals surface area contributed by atoms with Crippen molar-refractivity contribution < 1.29 is 9.53 Å². The second-order valence-corrected chi connectivity index (χ2v) is 6.21. The monoisotopic (exact) mass is 345 g/mol. The molecule has 0 bridgehead atoms. The molecular weight excluding hydrogens is 333 g/mol. The summed E-state index contributed by atoms with van der Waals surface area (Å²) in [7, 11) is 0. The van der Waals surface area contributed by atoms with Crippen molar-refractivity contribution in [2.75, 3.05) is 11.9 Å². The Morgan fingerprint density at radius 3 is 2.76 bits per heavy atom. The van der Waals surface area contributed by atoms with Crippen LogP contribution in [0.15, 0.2) is 30.3 Å². The molecule has 1 aromatic heterocycles. The second kappa shape index (κ2) is 8.17. The largest absolute Gasteiger partial charge is 0.494 e. The van der Waals surface area contributed by atoms with Crippen molar-refractivity contribution in [1.82, 2.24) is 10.2 Å². The number of ether oxygens (including phenoxy) is 1. The molecule has 1 aromatic carbocycles. The maximum absolute atomic E-state index is 11.3. The van der Waals surface area contributed by atoms with Crippen LogP contribution in [0.25, 0.3) is 0 Å². The van der Waals surface area contributed by atoms with Crippen molar-refractivity contribution in [2.45, 2.75) is 17.7 Å². The molecule has 1 heterocycles. The first-order chi connectivity index (χ1) is 10.1. The highest BCUT2D eigenvalue weighted by Gasteiger charge is 2.14. The van der Waals surface area contributed by atoms with Gasteiger partial charge in [0.15, 0.2) is 4.84 Å². The van der Waals surface area contributed by atoms with E-state index < -0.39 is 10.7 Å². The highest BCUT2D eigenvalue weighted by molar-refractivity contribution is 7.15. The number of para-hydroxylation sites is 1. The van der Waals surface area contributed by atoms with Crippen LogP contribution in [0.4, 0.5) is 5.13 Å². The molecule has 0 aliphatic rings. The van der Waals surface area contributed by atoms with Gasteiger partial charge in [0.05, 0.1) is 6.61 Å². The number of carbonyl (C=O) groups is 1. The zero-order valence-corrected chi connectivity index (χ0v) is 13.3. The number of rotatable bonds is 7. The van der Waals surface area contributed by atoms with Gasteiger partial charge in [0.1, 0.15) is 10.8 Å². The maximum atomic E-state index is 11.3.